The summed E-state index contributed by atoms with van der Waals surface area (Å²) in [7, 11) is 0. The lowest BCUT2D eigenvalue weighted by Crippen LogP contribution is -2.28. The summed E-state index contributed by atoms with van der Waals surface area (Å²) in [5, 5.41) is 0. The van der Waals surface area contributed by atoms with Crippen molar-refractivity contribution in [2.45, 2.75) is 51.9 Å². The first-order valence-corrected chi connectivity index (χ1v) is 7.39. The van der Waals surface area contributed by atoms with Gasteiger partial charge in [0.15, 0.2) is 5.78 Å². The predicted octanol–water partition coefficient (Wildman–Crippen LogP) is 3.97. The van der Waals surface area contributed by atoms with Crippen LogP contribution in [-0.4, -0.2) is 11.6 Å². The molecular weight excluding hydrogens is 236 g/mol. The van der Waals surface area contributed by atoms with Crippen molar-refractivity contribution >= 4 is 11.6 Å². The van der Waals surface area contributed by atoms with Gasteiger partial charge in [0.05, 0.1) is 5.92 Å². The Bertz CT molecular complexity index is 462. The highest BCUT2D eigenvalue weighted by molar-refractivity contribution is 6.11. The second-order valence-electron chi connectivity index (χ2n) is 5.39. The highest BCUT2D eigenvalue weighted by Gasteiger charge is 2.30. The van der Waals surface area contributed by atoms with Crippen LogP contribution in [0.1, 0.15) is 61.4 Å². The first kappa shape index (κ1) is 14.0. The number of hydrogen-bond acceptors (Lipinski definition) is 2. The van der Waals surface area contributed by atoms with E-state index < -0.39 is 0 Å². The average Bonchev–Trinajstić information content (AvgIpc) is 2.45. The fraction of sp³-hybridized carbons (Fsp3) is 0.529. The van der Waals surface area contributed by atoms with Gasteiger partial charge in [-0.05, 0) is 31.2 Å². The van der Waals surface area contributed by atoms with E-state index in [9.17, 15) is 9.59 Å². The maximum atomic E-state index is 12.6. The van der Waals surface area contributed by atoms with Crippen LogP contribution < -0.4 is 0 Å². The minimum Gasteiger partial charge on any atom is -0.299 e. The molecule has 0 amide bonds. The van der Waals surface area contributed by atoms with Gasteiger partial charge in [-0.3, -0.25) is 9.59 Å². The minimum absolute atomic E-state index is 0.0522. The maximum Gasteiger partial charge on any atom is 0.173 e. The predicted molar refractivity (Wildman–Crippen MR) is 76.3 cm³/mol. The summed E-state index contributed by atoms with van der Waals surface area (Å²) < 4.78 is 0. The minimum atomic E-state index is -0.378. The number of ketones is 2. The third kappa shape index (κ3) is 3.31. The molecule has 0 spiro atoms. The molecule has 19 heavy (non-hydrogen) atoms. The lowest BCUT2D eigenvalue weighted by atomic mass is 9.81. The van der Waals surface area contributed by atoms with Gasteiger partial charge in [0, 0.05) is 12.0 Å². The van der Waals surface area contributed by atoms with Crippen molar-refractivity contribution in [2.75, 3.05) is 0 Å². The molecule has 0 radical (unpaired) electrons. The molecule has 1 unspecified atom stereocenters. The van der Waals surface area contributed by atoms with Gasteiger partial charge in [0.1, 0.15) is 5.78 Å². The third-order valence-corrected chi connectivity index (χ3v) is 3.95. The number of hydrogen-bond donors (Lipinski definition) is 0. The monoisotopic (exact) mass is 258 g/mol. The Morgan fingerprint density at radius 2 is 2.05 bits per heavy atom. The zero-order chi connectivity index (χ0) is 13.7. The molecule has 0 aromatic heterocycles. The summed E-state index contributed by atoms with van der Waals surface area (Å²) in [4.78, 5) is 24.5. The van der Waals surface area contributed by atoms with Gasteiger partial charge >= 0.3 is 0 Å². The summed E-state index contributed by atoms with van der Waals surface area (Å²) in [6, 6.07) is 7.78. The van der Waals surface area contributed by atoms with E-state index in [1.165, 1.54) is 0 Å². The van der Waals surface area contributed by atoms with E-state index >= 15 is 0 Å². The molecule has 0 saturated heterocycles. The largest absolute Gasteiger partial charge is 0.299 e. The lowest BCUT2D eigenvalue weighted by Gasteiger charge is -2.20. The number of carbonyl (C=O) groups excluding carboxylic acids is 2. The molecule has 0 N–H and O–H groups in total. The third-order valence-electron chi connectivity index (χ3n) is 3.95. The topological polar surface area (TPSA) is 34.1 Å². The number of benzene rings is 1. The summed E-state index contributed by atoms with van der Waals surface area (Å²) in [6.07, 6.45) is 6.39. The van der Waals surface area contributed by atoms with E-state index in [1.807, 2.05) is 24.3 Å². The Balaban J connectivity index is 2.20. The molecule has 0 heterocycles. The molecule has 1 aliphatic rings. The van der Waals surface area contributed by atoms with Gasteiger partial charge < -0.3 is 0 Å². The second kappa shape index (κ2) is 6.65. The smallest absolute Gasteiger partial charge is 0.173 e. The summed E-state index contributed by atoms with van der Waals surface area (Å²) in [5.41, 5.74) is 1.88. The molecule has 1 fully saturated rings. The normalized spacial score (nSPS) is 19.4. The van der Waals surface area contributed by atoms with E-state index in [0.717, 1.165) is 49.7 Å². The second-order valence-corrected chi connectivity index (χ2v) is 5.39. The molecule has 0 bridgehead atoms. The Morgan fingerprint density at radius 1 is 1.26 bits per heavy atom. The number of rotatable bonds is 5. The van der Waals surface area contributed by atoms with Crippen molar-refractivity contribution in [1.29, 1.82) is 0 Å². The van der Waals surface area contributed by atoms with E-state index in [2.05, 4.69) is 6.92 Å². The zero-order valence-electron chi connectivity index (χ0n) is 11.7. The fourth-order valence-corrected chi connectivity index (χ4v) is 2.79. The van der Waals surface area contributed by atoms with Crippen LogP contribution in [0.4, 0.5) is 0 Å². The summed E-state index contributed by atoms with van der Waals surface area (Å²) >= 11 is 0. The van der Waals surface area contributed by atoms with Crippen LogP contribution >= 0.6 is 0 Å². The van der Waals surface area contributed by atoms with Crippen LogP contribution in [0.25, 0.3) is 0 Å². The number of aryl methyl sites for hydroxylation is 1. The van der Waals surface area contributed by atoms with Crippen molar-refractivity contribution in [3.8, 4) is 0 Å². The SMILES string of the molecule is CCCCc1ccccc1C(=O)C1CCCCC1=O. The molecule has 0 aliphatic heterocycles. The molecule has 1 aromatic carbocycles. The van der Waals surface area contributed by atoms with Gasteiger partial charge in [-0.25, -0.2) is 0 Å². The quantitative estimate of drug-likeness (QED) is 0.591. The van der Waals surface area contributed by atoms with E-state index in [0.29, 0.717) is 6.42 Å². The molecule has 1 saturated carbocycles. The van der Waals surface area contributed by atoms with Crippen molar-refractivity contribution < 1.29 is 9.59 Å². The van der Waals surface area contributed by atoms with Crippen molar-refractivity contribution in [1.82, 2.24) is 0 Å². The standard InChI is InChI=1S/C17H22O2/c1-2-3-8-13-9-4-5-10-14(13)17(19)15-11-6-7-12-16(15)18/h4-5,9-10,15H,2-3,6-8,11-12H2,1H3. The Hall–Kier alpha value is -1.44. The molecular formula is C17H22O2. The Labute approximate surface area is 115 Å². The van der Waals surface area contributed by atoms with Crippen LogP contribution in [0.2, 0.25) is 0 Å². The van der Waals surface area contributed by atoms with Crippen LogP contribution in [0.5, 0.6) is 0 Å². The Morgan fingerprint density at radius 3 is 2.79 bits per heavy atom. The van der Waals surface area contributed by atoms with Gasteiger partial charge in [-0.15, -0.1) is 0 Å². The molecule has 2 heteroatoms. The van der Waals surface area contributed by atoms with Gasteiger partial charge in [0.25, 0.3) is 0 Å². The van der Waals surface area contributed by atoms with Gasteiger partial charge in [-0.1, -0.05) is 44.0 Å². The zero-order valence-corrected chi connectivity index (χ0v) is 11.7. The van der Waals surface area contributed by atoms with Crippen LogP contribution in [0.15, 0.2) is 24.3 Å². The first-order valence-electron chi connectivity index (χ1n) is 7.39. The molecule has 2 rings (SSSR count). The number of Topliss-reactive ketones (excluding diaryl/α,β-unsaturated/α-hetero) is 2. The highest BCUT2D eigenvalue weighted by atomic mass is 16.1. The van der Waals surface area contributed by atoms with E-state index in [1.54, 1.807) is 0 Å². The molecule has 102 valence electrons. The first-order chi connectivity index (χ1) is 9.24. The molecule has 1 aliphatic carbocycles. The maximum absolute atomic E-state index is 12.6. The Kier molecular flexibility index (Phi) is 4.89. The van der Waals surface area contributed by atoms with Crippen LogP contribution in [0, 0.1) is 5.92 Å². The average molecular weight is 258 g/mol. The van der Waals surface area contributed by atoms with Crippen molar-refractivity contribution in [3.05, 3.63) is 35.4 Å². The molecule has 1 atom stereocenters. The van der Waals surface area contributed by atoms with E-state index in [4.69, 9.17) is 0 Å². The fourth-order valence-electron chi connectivity index (χ4n) is 2.79. The summed E-state index contributed by atoms with van der Waals surface area (Å²) in [5.74, 6) is -0.186. The van der Waals surface area contributed by atoms with Gasteiger partial charge in [-0.2, -0.15) is 0 Å². The molecule has 1 aromatic rings. The van der Waals surface area contributed by atoms with Crippen LogP contribution in [0.3, 0.4) is 0 Å². The van der Waals surface area contributed by atoms with Crippen molar-refractivity contribution in [3.63, 3.8) is 0 Å². The summed E-state index contributed by atoms with van der Waals surface area (Å²) in [6.45, 7) is 2.15. The molecule has 2 nitrogen and oxygen atoms in total. The lowest BCUT2D eigenvalue weighted by molar-refractivity contribution is -0.122. The van der Waals surface area contributed by atoms with Crippen LogP contribution in [-0.2, 0) is 11.2 Å². The van der Waals surface area contributed by atoms with Crippen molar-refractivity contribution in [2.24, 2.45) is 5.92 Å². The number of carbonyl (C=O) groups is 2. The van der Waals surface area contributed by atoms with Gasteiger partial charge in [0.2, 0.25) is 0 Å². The van der Waals surface area contributed by atoms with E-state index in [-0.39, 0.29) is 17.5 Å². The highest BCUT2D eigenvalue weighted by Crippen LogP contribution is 2.26. The number of unbranched alkanes of at least 4 members (excludes halogenated alkanes) is 1.